The molecular weight excluding hydrogens is 164 g/mol. The predicted molar refractivity (Wildman–Crippen MR) is 40.6 cm³/mol. The number of halogens is 1. The fourth-order valence-electron chi connectivity index (χ4n) is 0.877. The Hall–Kier alpha value is -0.890. The molecule has 1 aliphatic heterocycles. The van der Waals surface area contributed by atoms with E-state index in [9.17, 15) is 0 Å². The van der Waals surface area contributed by atoms with Crippen LogP contribution in [0.3, 0.4) is 0 Å². The van der Waals surface area contributed by atoms with E-state index in [1.807, 2.05) is 12.1 Å². The Balaban J connectivity index is 2.34. The van der Waals surface area contributed by atoms with Gasteiger partial charge in [0.25, 0.3) is 6.61 Å². The Labute approximate surface area is 69.7 Å². The van der Waals surface area contributed by atoms with Crippen LogP contribution in [0.4, 0.5) is 0 Å². The Morgan fingerprint density at radius 2 is 2.00 bits per heavy atom. The van der Waals surface area contributed by atoms with Gasteiger partial charge in [-0.2, -0.15) is 0 Å². The smallest absolute Gasteiger partial charge is 0.257 e. The molecule has 0 saturated carbocycles. The van der Waals surface area contributed by atoms with Gasteiger partial charge in [0.2, 0.25) is 5.56 Å². The average Bonchev–Trinajstić information content (AvgIpc) is 2.04. The van der Waals surface area contributed by atoms with Gasteiger partial charge in [-0.3, -0.25) is 0 Å². The molecule has 1 aromatic carbocycles. The van der Waals surface area contributed by atoms with Crippen LogP contribution in [0.5, 0.6) is 11.5 Å². The van der Waals surface area contributed by atoms with E-state index in [0.29, 0.717) is 11.5 Å². The van der Waals surface area contributed by atoms with Crippen molar-refractivity contribution in [1.82, 2.24) is 0 Å². The molecule has 0 fully saturated rings. The second kappa shape index (κ2) is 2.62. The summed E-state index contributed by atoms with van der Waals surface area (Å²) in [6, 6.07) is 7.31. The summed E-state index contributed by atoms with van der Waals surface area (Å²) in [7, 11) is 0. The highest BCUT2D eigenvalue weighted by Gasteiger charge is 2.19. The van der Waals surface area contributed by atoms with Gasteiger partial charge in [-0.1, -0.05) is 23.7 Å². The number of fused-ring (bicyclic) bond motifs is 1. The van der Waals surface area contributed by atoms with Crippen LogP contribution in [0.25, 0.3) is 0 Å². The van der Waals surface area contributed by atoms with Crippen molar-refractivity contribution in [2.24, 2.45) is 0 Å². The maximum Gasteiger partial charge on any atom is 0.257 e. The molecule has 0 aliphatic carbocycles. The Morgan fingerprint density at radius 1 is 1.27 bits per heavy atom. The van der Waals surface area contributed by atoms with Crippen LogP contribution in [0.15, 0.2) is 24.3 Å². The maximum atomic E-state index is 5.59. The van der Waals surface area contributed by atoms with Gasteiger partial charge >= 0.3 is 0 Å². The van der Waals surface area contributed by atoms with Gasteiger partial charge < -0.3 is 9.47 Å². The first kappa shape index (κ1) is 6.80. The molecule has 0 amide bonds. The van der Waals surface area contributed by atoms with E-state index in [1.54, 1.807) is 12.1 Å². The number of rotatable bonds is 0. The van der Waals surface area contributed by atoms with Crippen LogP contribution in [-0.2, 0) is 0 Å². The summed E-state index contributed by atoms with van der Waals surface area (Å²) in [6.07, 6.45) is 0. The lowest BCUT2D eigenvalue weighted by molar-refractivity contribution is 0.195. The Bertz CT molecular complexity index is 262. The lowest BCUT2D eigenvalue weighted by atomic mass is 10.3. The van der Waals surface area contributed by atoms with E-state index in [0.717, 1.165) is 0 Å². The van der Waals surface area contributed by atoms with Gasteiger partial charge in [0.05, 0.1) is 0 Å². The fourth-order valence-corrected chi connectivity index (χ4v) is 1.02. The first-order valence-corrected chi connectivity index (χ1v) is 3.62. The van der Waals surface area contributed by atoms with E-state index in [-0.39, 0.29) is 0 Å². The molecule has 1 unspecified atom stereocenters. The minimum Gasteiger partial charge on any atom is -0.469 e. The van der Waals surface area contributed by atoms with Crippen molar-refractivity contribution >= 4 is 11.6 Å². The van der Waals surface area contributed by atoms with Crippen molar-refractivity contribution in [2.45, 2.75) is 5.56 Å². The van der Waals surface area contributed by atoms with Crippen molar-refractivity contribution in [1.29, 1.82) is 0 Å². The van der Waals surface area contributed by atoms with E-state index >= 15 is 0 Å². The van der Waals surface area contributed by atoms with Crippen molar-refractivity contribution in [2.75, 3.05) is 0 Å². The zero-order valence-corrected chi connectivity index (χ0v) is 6.34. The van der Waals surface area contributed by atoms with E-state index in [1.165, 1.54) is 0 Å². The van der Waals surface area contributed by atoms with Crippen LogP contribution < -0.4 is 9.47 Å². The summed E-state index contributed by atoms with van der Waals surface area (Å²) in [4.78, 5) is 0. The predicted octanol–water partition coefficient (Wildman–Crippen LogP) is 2.06. The molecule has 2 radical (unpaired) electrons. The van der Waals surface area contributed by atoms with Crippen LogP contribution in [-0.4, -0.2) is 5.56 Å². The summed E-state index contributed by atoms with van der Waals surface area (Å²) < 4.78 is 10.2. The topological polar surface area (TPSA) is 18.5 Å². The lowest BCUT2D eigenvalue weighted by Gasteiger charge is -2.19. The summed E-state index contributed by atoms with van der Waals surface area (Å²) >= 11 is 5.59. The minimum absolute atomic E-state index is 0.607. The molecule has 56 valence electrons. The van der Waals surface area contributed by atoms with Crippen molar-refractivity contribution in [3.63, 3.8) is 0 Å². The molecule has 0 aromatic heterocycles. The van der Waals surface area contributed by atoms with E-state index < -0.39 is 5.56 Å². The highest BCUT2D eigenvalue weighted by Crippen LogP contribution is 2.32. The van der Waals surface area contributed by atoms with Gasteiger partial charge in [0.15, 0.2) is 11.5 Å². The molecule has 0 spiro atoms. The maximum absolute atomic E-state index is 5.59. The van der Waals surface area contributed by atoms with Crippen molar-refractivity contribution < 1.29 is 9.47 Å². The monoisotopic (exact) mass is 168 g/mol. The molecule has 1 atom stereocenters. The molecular formula is C8H5ClO2. The molecule has 0 saturated heterocycles. The van der Waals surface area contributed by atoms with Crippen LogP contribution in [0.1, 0.15) is 0 Å². The number of alkyl halides is 1. The van der Waals surface area contributed by atoms with Gasteiger partial charge in [0, 0.05) is 0 Å². The summed E-state index contributed by atoms with van der Waals surface area (Å²) in [5.41, 5.74) is -0.607. The number of hydrogen-bond donors (Lipinski definition) is 0. The minimum atomic E-state index is -0.607. The van der Waals surface area contributed by atoms with Gasteiger partial charge in [-0.05, 0) is 12.1 Å². The number of ether oxygens (including phenoxy) is 2. The highest BCUT2D eigenvalue weighted by molar-refractivity contribution is 6.20. The number of benzene rings is 1. The van der Waals surface area contributed by atoms with Gasteiger partial charge in [-0.15, -0.1) is 0 Å². The first-order valence-electron chi connectivity index (χ1n) is 3.18. The van der Waals surface area contributed by atoms with Gasteiger partial charge in [0.1, 0.15) is 0 Å². The second-order valence-electron chi connectivity index (χ2n) is 2.10. The first-order chi connectivity index (χ1) is 5.36. The molecule has 0 N–H and O–H groups in total. The quantitative estimate of drug-likeness (QED) is 0.552. The summed E-state index contributed by atoms with van der Waals surface area (Å²) in [5, 5.41) is 0. The van der Waals surface area contributed by atoms with Crippen LogP contribution in [0.2, 0.25) is 0 Å². The zero-order chi connectivity index (χ0) is 7.68. The van der Waals surface area contributed by atoms with E-state index in [2.05, 4.69) is 6.61 Å². The third-order valence-corrected chi connectivity index (χ3v) is 1.52. The van der Waals surface area contributed by atoms with Crippen LogP contribution in [0, 0.1) is 6.61 Å². The summed E-state index contributed by atoms with van der Waals surface area (Å²) in [5.74, 6) is 1.32. The number of para-hydroxylation sites is 2. The molecule has 3 heteroatoms. The standard InChI is InChI=1S/C8H5ClO2/c9-8-5-10-6-3-1-2-4-7(6)11-8/h1-4,8H. The van der Waals surface area contributed by atoms with Gasteiger partial charge in [-0.25, -0.2) is 0 Å². The molecule has 1 aliphatic rings. The Morgan fingerprint density at radius 3 is 2.82 bits per heavy atom. The highest BCUT2D eigenvalue weighted by atomic mass is 35.5. The third-order valence-electron chi connectivity index (χ3n) is 1.34. The molecule has 1 aromatic rings. The molecule has 0 bridgehead atoms. The Kier molecular flexibility index (Phi) is 1.62. The average molecular weight is 169 g/mol. The second-order valence-corrected chi connectivity index (χ2v) is 2.50. The lowest BCUT2D eigenvalue weighted by Crippen LogP contribution is -2.18. The molecule has 1 heterocycles. The number of hydrogen-bond acceptors (Lipinski definition) is 2. The molecule has 2 nitrogen and oxygen atoms in total. The molecule has 11 heavy (non-hydrogen) atoms. The van der Waals surface area contributed by atoms with Crippen molar-refractivity contribution in [3.8, 4) is 11.5 Å². The molecule has 2 rings (SSSR count). The largest absolute Gasteiger partial charge is 0.469 e. The van der Waals surface area contributed by atoms with Crippen LogP contribution >= 0.6 is 11.6 Å². The van der Waals surface area contributed by atoms with E-state index in [4.69, 9.17) is 21.1 Å². The summed E-state index contributed by atoms with van der Waals surface area (Å²) in [6.45, 7) is 2.48. The third kappa shape index (κ3) is 1.26. The normalized spacial score (nSPS) is 21.4. The zero-order valence-electron chi connectivity index (χ0n) is 5.58. The van der Waals surface area contributed by atoms with Crippen molar-refractivity contribution in [3.05, 3.63) is 30.9 Å². The SMILES string of the molecule is ClC1[C]Oc2ccccc2O1. The fraction of sp³-hybridized carbons (Fsp3) is 0.125.